The highest BCUT2D eigenvalue weighted by molar-refractivity contribution is 7.89. The number of aryl methyl sites for hydroxylation is 1. The van der Waals surface area contributed by atoms with E-state index in [0.29, 0.717) is 41.5 Å². The molecule has 2 N–H and O–H groups in total. The largest absolute Gasteiger partial charge is 0.329 e. The van der Waals surface area contributed by atoms with Crippen molar-refractivity contribution in [2.45, 2.75) is 25.5 Å². The van der Waals surface area contributed by atoms with E-state index in [-0.39, 0.29) is 18.1 Å². The van der Waals surface area contributed by atoms with Gasteiger partial charge in [0.05, 0.1) is 29.5 Å². The molecule has 0 saturated heterocycles. The molecule has 0 unspecified atom stereocenters. The first-order valence-electron chi connectivity index (χ1n) is 13.5. The summed E-state index contributed by atoms with van der Waals surface area (Å²) in [6, 6.07) is 14.6. The number of hydrogen-bond acceptors (Lipinski definition) is 8. The van der Waals surface area contributed by atoms with Gasteiger partial charge in [0.15, 0.2) is 9.84 Å². The first kappa shape index (κ1) is 31.1. The smallest absolute Gasteiger partial charge is 0.231 e. The van der Waals surface area contributed by atoms with Gasteiger partial charge in [-0.3, -0.25) is 10.1 Å². The third-order valence-electron chi connectivity index (χ3n) is 6.48. The van der Waals surface area contributed by atoms with E-state index in [1.54, 1.807) is 42.6 Å². The molecule has 0 bridgehead atoms. The third kappa shape index (κ3) is 8.58. The summed E-state index contributed by atoms with van der Waals surface area (Å²) in [5.74, 6) is 1.19. The van der Waals surface area contributed by atoms with Gasteiger partial charge in [0.2, 0.25) is 17.8 Å². The molecule has 4 rings (SSSR count). The molecule has 4 aromatic rings. The van der Waals surface area contributed by atoms with Crippen molar-refractivity contribution in [3.63, 3.8) is 0 Å². The highest BCUT2D eigenvalue weighted by Crippen LogP contribution is 2.28. The number of carbonyl (C=O) groups excluding carboxylic acids is 1. The Balaban J connectivity index is 1.48. The second-order valence-corrected chi connectivity index (χ2v) is 12.1. The Kier molecular flexibility index (Phi) is 10.0. The van der Waals surface area contributed by atoms with Gasteiger partial charge >= 0.3 is 0 Å². The molecular weight excluding hydrogens is 569 g/mol. The van der Waals surface area contributed by atoms with Gasteiger partial charge in [-0.15, -0.1) is 0 Å². The van der Waals surface area contributed by atoms with Crippen LogP contribution in [0.1, 0.15) is 25.3 Å². The van der Waals surface area contributed by atoms with Crippen LogP contribution in [0.5, 0.6) is 0 Å². The van der Waals surface area contributed by atoms with Gasteiger partial charge in [-0.2, -0.15) is 4.98 Å². The minimum absolute atomic E-state index is 0.0198. The Morgan fingerprint density at radius 1 is 1.12 bits per heavy atom. The van der Waals surface area contributed by atoms with Crippen LogP contribution in [-0.4, -0.2) is 47.1 Å². The lowest BCUT2D eigenvalue weighted by atomic mass is 10.1. The van der Waals surface area contributed by atoms with Gasteiger partial charge in [-0.1, -0.05) is 36.4 Å². The number of allylic oxidation sites excluding steroid dienone is 4. The van der Waals surface area contributed by atoms with Crippen LogP contribution >= 0.6 is 0 Å². The second kappa shape index (κ2) is 13.9. The molecule has 0 spiro atoms. The van der Waals surface area contributed by atoms with Crippen LogP contribution in [0.4, 0.5) is 33.5 Å². The van der Waals surface area contributed by atoms with Crippen LogP contribution in [0.2, 0.25) is 0 Å². The maximum absolute atomic E-state index is 12.8. The van der Waals surface area contributed by atoms with E-state index < -0.39 is 9.84 Å². The number of benzene rings is 2. The zero-order valence-corrected chi connectivity index (χ0v) is 25.3. The van der Waals surface area contributed by atoms with Crippen molar-refractivity contribution in [1.82, 2.24) is 19.5 Å². The van der Waals surface area contributed by atoms with E-state index in [2.05, 4.69) is 25.6 Å². The van der Waals surface area contributed by atoms with E-state index >= 15 is 0 Å². The number of anilines is 5. The molecule has 10 nitrogen and oxygen atoms in total. The molecule has 0 aliphatic heterocycles. The van der Waals surface area contributed by atoms with E-state index in [1.807, 2.05) is 60.8 Å². The molecule has 0 saturated carbocycles. The van der Waals surface area contributed by atoms with E-state index in [1.165, 1.54) is 12.3 Å². The summed E-state index contributed by atoms with van der Waals surface area (Å²) in [5, 5.41) is 6.03. The van der Waals surface area contributed by atoms with Crippen molar-refractivity contribution < 1.29 is 17.6 Å². The summed E-state index contributed by atoms with van der Waals surface area (Å²) in [4.78, 5) is 28.2. The lowest BCUT2D eigenvalue weighted by molar-refractivity contribution is -0.115. The fourth-order valence-electron chi connectivity index (χ4n) is 4.39. The molecule has 0 fully saturated rings. The van der Waals surface area contributed by atoms with Gasteiger partial charge < -0.3 is 14.8 Å². The van der Waals surface area contributed by atoms with Gasteiger partial charge in [-0.25, -0.2) is 22.8 Å². The number of rotatable bonds is 12. The summed E-state index contributed by atoms with van der Waals surface area (Å²) in [6.07, 6.45) is 10.7. The number of hydrogen-bond donors (Lipinski definition) is 2. The van der Waals surface area contributed by atoms with Gasteiger partial charge in [0.25, 0.3) is 0 Å². The standard InChI is InChI=1S/C31H34FN7O3S/c1-5-8-22(9-6-7-17-32)19-29(40)37-31-35-26-20-25(14-15-27(26)39(31)3)38(2)28-16-18-33-30(36-28)34-24-12-10-23(11-13-24)21-43(4,41)42/h5,7-18,20H,6,19,21H2,1-4H3,(H,33,34,36)(H,35,37,40)/b8-5-,17-7+,22-9?. The molecular formula is C31H34FN7O3S. The highest BCUT2D eigenvalue weighted by atomic mass is 32.2. The minimum Gasteiger partial charge on any atom is -0.329 e. The molecule has 2 aromatic heterocycles. The van der Waals surface area contributed by atoms with Crippen LogP contribution in [0.25, 0.3) is 11.0 Å². The Labute approximate surface area is 250 Å². The van der Waals surface area contributed by atoms with Crippen molar-refractivity contribution in [2.24, 2.45) is 7.05 Å². The molecule has 0 aliphatic carbocycles. The molecule has 2 aromatic carbocycles. The Bertz CT molecular complexity index is 1800. The monoisotopic (exact) mass is 603 g/mol. The minimum atomic E-state index is -3.11. The SMILES string of the molecule is C/C=C\C(=CC/C=C/F)CC(=O)Nc1nc2cc(N(C)c3ccnc(Nc4ccc(CS(C)(=O)=O)cc4)n3)ccc2n1C. The Hall–Kier alpha value is -4.84. The molecule has 0 aliphatic rings. The predicted molar refractivity (Wildman–Crippen MR) is 170 cm³/mol. The van der Waals surface area contributed by atoms with Crippen molar-refractivity contribution >= 4 is 55.9 Å². The molecule has 0 radical (unpaired) electrons. The average Bonchev–Trinajstić information content (AvgIpc) is 3.27. The molecule has 0 atom stereocenters. The zero-order chi connectivity index (χ0) is 31.0. The van der Waals surface area contributed by atoms with Crippen molar-refractivity contribution in [2.75, 3.05) is 28.8 Å². The van der Waals surface area contributed by atoms with Crippen molar-refractivity contribution in [3.05, 3.63) is 96.5 Å². The maximum Gasteiger partial charge on any atom is 0.231 e. The molecule has 2 heterocycles. The quantitative estimate of drug-likeness (QED) is 0.186. The van der Waals surface area contributed by atoms with Crippen LogP contribution in [0, 0.1) is 0 Å². The van der Waals surface area contributed by atoms with Crippen molar-refractivity contribution in [1.29, 1.82) is 0 Å². The predicted octanol–water partition coefficient (Wildman–Crippen LogP) is 6.12. The molecule has 12 heteroatoms. The first-order chi connectivity index (χ1) is 20.6. The summed E-state index contributed by atoms with van der Waals surface area (Å²) < 4.78 is 37.2. The Morgan fingerprint density at radius 2 is 1.88 bits per heavy atom. The van der Waals surface area contributed by atoms with Crippen LogP contribution in [0.3, 0.4) is 0 Å². The van der Waals surface area contributed by atoms with E-state index in [4.69, 9.17) is 0 Å². The van der Waals surface area contributed by atoms with Crippen molar-refractivity contribution in [3.8, 4) is 0 Å². The lowest BCUT2D eigenvalue weighted by Crippen LogP contribution is -2.15. The topological polar surface area (TPSA) is 122 Å². The van der Waals surface area contributed by atoms with Gasteiger partial charge in [-0.05, 0) is 60.9 Å². The maximum atomic E-state index is 12.8. The first-order valence-corrected chi connectivity index (χ1v) is 15.6. The van der Waals surface area contributed by atoms with Crippen LogP contribution in [-0.2, 0) is 27.4 Å². The third-order valence-corrected chi connectivity index (χ3v) is 7.33. The zero-order valence-electron chi connectivity index (χ0n) is 24.5. The number of halogens is 1. The number of aromatic nitrogens is 4. The van der Waals surface area contributed by atoms with Crippen LogP contribution in [0.15, 0.2) is 90.9 Å². The molecule has 224 valence electrons. The number of sulfone groups is 1. The lowest BCUT2D eigenvalue weighted by Gasteiger charge is -2.19. The number of amides is 1. The van der Waals surface area contributed by atoms with Crippen LogP contribution < -0.4 is 15.5 Å². The van der Waals surface area contributed by atoms with E-state index in [9.17, 15) is 17.6 Å². The second-order valence-electron chi connectivity index (χ2n) is 9.96. The number of fused-ring (bicyclic) bond motifs is 1. The summed E-state index contributed by atoms with van der Waals surface area (Å²) in [6.45, 7) is 1.86. The summed E-state index contributed by atoms with van der Waals surface area (Å²) >= 11 is 0. The molecule has 1 amide bonds. The summed E-state index contributed by atoms with van der Waals surface area (Å²) in [5.41, 5.74) is 4.58. The Morgan fingerprint density at radius 3 is 2.58 bits per heavy atom. The normalized spacial score (nSPS) is 12.3. The fourth-order valence-corrected chi connectivity index (χ4v) is 5.19. The number of nitrogens with one attached hydrogen (secondary N) is 2. The van der Waals surface area contributed by atoms with E-state index in [0.717, 1.165) is 22.5 Å². The summed E-state index contributed by atoms with van der Waals surface area (Å²) in [7, 11) is 0.602. The number of nitrogens with zero attached hydrogens (tertiary/aromatic N) is 5. The molecule has 43 heavy (non-hydrogen) atoms. The number of imidazole rings is 1. The average molecular weight is 604 g/mol. The highest BCUT2D eigenvalue weighted by Gasteiger charge is 2.15. The van der Waals surface area contributed by atoms with Gasteiger partial charge in [0.1, 0.15) is 5.82 Å². The fraction of sp³-hybridized carbons (Fsp3) is 0.226. The number of carbonyl (C=O) groups is 1. The van der Waals surface area contributed by atoms with Gasteiger partial charge in [0, 0.05) is 37.9 Å².